The number of hydrogen-bond acceptors (Lipinski definition) is 6. The Morgan fingerprint density at radius 3 is 2.76 bits per heavy atom. The average Bonchev–Trinajstić information content (AvgIpc) is 2.98. The van der Waals surface area contributed by atoms with E-state index < -0.39 is 17.0 Å². The van der Waals surface area contributed by atoms with Crippen LogP contribution >= 0.6 is 11.3 Å². The number of aromatic carboxylic acids is 1. The molecule has 7 nitrogen and oxygen atoms in total. The van der Waals surface area contributed by atoms with Crippen molar-refractivity contribution in [1.82, 2.24) is 0 Å². The Morgan fingerprint density at radius 2 is 2.19 bits per heavy atom. The zero-order valence-corrected chi connectivity index (χ0v) is 11.5. The summed E-state index contributed by atoms with van der Waals surface area (Å²) in [5.74, 6) is -1.17. The predicted octanol–water partition coefficient (Wildman–Crippen LogP) is 2.50. The Bertz CT molecular complexity index is 657. The minimum Gasteiger partial charge on any atom is -0.478 e. The monoisotopic (exact) mass is 308 g/mol. The summed E-state index contributed by atoms with van der Waals surface area (Å²) in [5, 5.41) is 36.1. The summed E-state index contributed by atoms with van der Waals surface area (Å²) in [6.45, 7) is 0.0423. The first-order chi connectivity index (χ1) is 9.99. The van der Waals surface area contributed by atoms with Crippen LogP contribution in [-0.2, 0) is 0 Å². The number of hydrogen-bond donors (Lipinski definition) is 3. The fourth-order valence-electron chi connectivity index (χ4n) is 1.76. The van der Waals surface area contributed by atoms with Crippen LogP contribution in [-0.4, -0.2) is 27.7 Å². The van der Waals surface area contributed by atoms with Crippen molar-refractivity contribution < 1.29 is 19.9 Å². The van der Waals surface area contributed by atoms with Crippen LogP contribution in [0, 0.1) is 10.1 Å². The third-order valence-electron chi connectivity index (χ3n) is 2.85. The van der Waals surface area contributed by atoms with Crippen molar-refractivity contribution in [2.45, 2.75) is 6.10 Å². The number of aliphatic hydroxyl groups is 1. The lowest BCUT2D eigenvalue weighted by Gasteiger charge is -2.12. The van der Waals surface area contributed by atoms with Gasteiger partial charge in [0.25, 0.3) is 5.69 Å². The molecule has 0 amide bonds. The highest BCUT2D eigenvalue weighted by atomic mass is 32.1. The van der Waals surface area contributed by atoms with E-state index in [4.69, 9.17) is 5.11 Å². The zero-order valence-electron chi connectivity index (χ0n) is 10.7. The summed E-state index contributed by atoms with van der Waals surface area (Å²) in [4.78, 5) is 21.2. The molecule has 8 heteroatoms. The lowest BCUT2D eigenvalue weighted by molar-refractivity contribution is -0.384. The number of rotatable bonds is 6. The Morgan fingerprint density at radius 1 is 1.43 bits per heavy atom. The molecule has 1 heterocycles. The molecule has 0 spiro atoms. The van der Waals surface area contributed by atoms with E-state index >= 15 is 0 Å². The van der Waals surface area contributed by atoms with Gasteiger partial charge in [-0.05, 0) is 34.5 Å². The fourth-order valence-corrected chi connectivity index (χ4v) is 2.47. The Labute approximate surface area is 123 Å². The van der Waals surface area contributed by atoms with Crippen molar-refractivity contribution in [1.29, 1.82) is 0 Å². The maximum Gasteiger partial charge on any atom is 0.335 e. The molecule has 3 N–H and O–H groups in total. The van der Waals surface area contributed by atoms with Crippen molar-refractivity contribution in [3.8, 4) is 0 Å². The molecule has 0 radical (unpaired) electrons. The van der Waals surface area contributed by atoms with E-state index in [1.807, 2.05) is 5.38 Å². The number of benzene rings is 1. The van der Waals surface area contributed by atoms with E-state index in [0.29, 0.717) is 5.56 Å². The smallest absolute Gasteiger partial charge is 0.335 e. The molecular formula is C13H12N2O5S. The number of aliphatic hydroxyl groups excluding tert-OH is 1. The molecule has 21 heavy (non-hydrogen) atoms. The molecule has 2 rings (SSSR count). The van der Waals surface area contributed by atoms with Gasteiger partial charge in [-0.25, -0.2) is 4.79 Å². The van der Waals surface area contributed by atoms with Crippen molar-refractivity contribution in [2.75, 3.05) is 11.9 Å². The molecule has 0 aliphatic carbocycles. The van der Waals surface area contributed by atoms with E-state index in [-0.39, 0.29) is 23.5 Å². The summed E-state index contributed by atoms with van der Waals surface area (Å²) in [6, 6.07) is 5.23. The van der Waals surface area contributed by atoms with Gasteiger partial charge in [0.05, 0.1) is 16.6 Å². The van der Waals surface area contributed by atoms with Crippen LogP contribution in [0.1, 0.15) is 22.0 Å². The molecule has 1 aromatic carbocycles. The van der Waals surface area contributed by atoms with Crippen molar-refractivity contribution in [3.63, 3.8) is 0 Å². The second kappa shape index (κ2) is 6.33. The Hall–Kier alpha value is -2.45. The maximum absolute atomic E-state index is 10.9. The molecule has 0 fully saturated rings. The predicted molar refractivity (Wildman–Crippen MR) is 77.8 cm³/mol. The van der Waals surface area contributed by atoms with Crippen LogP contribution in [0.2, 0.25) is 0 Å². The minimum atomic E-state index is -1.17. The van der Waals surface area contributed by atoms with Gasteiger partial charge in [-0.15, -0.1) is 0 Å². The molecule has 0 bridgehead atoms. The summed E-state index contributed by atoms with van der Waals surface area (Å²) < 4.78 is 0. The molecule has 0 saturated carbocycles. The highest BCUT2D eigenvalue weighted by Gasteiger charge is 2.17. The fraction of sp³-hybridized carbons (Fsp3) is 0.154. The lowest BCUT2D eigenvalue weighted by Crippen LogP contribution is -2.13. The first kappa shape index (κ1) is 14.9. The van der Waals surface area contributed by atoms with Gasteiger partial charge in [0.15, 0.2) is 0 Å². The first-order valence-electron chi connectivity index (χ1n) is 5.95. The van der Waals surface area contributed by atoms with Gasteiger partial charge < -0.3 is 15.5 Å². The Kier molecular flexibility index (Phi) is 4.51. The number of carbonyl (C=O) groups is 1. The van der Waals surface area contributed by atoms with Gasteiger partial charge >= 0.3 is 5.97 Å². The minimum absolute atomic E-state index is 0.0423. The topological polar surface area (TPSA) is 113 Å². The number of carboxylic acid groups (broad SMARTS) is 1. The van der Waals surface area contributed by atoms with Gasteiger partial charge in [-0.2, -0.15) is 11.3 Å². The van der Waals surface area contributed by atoms with Crippen LogP contribution in [0.25, 0.3) is 0 Å². The number of thiophene rings is 1. The summed E-state index contributed by atoms with van der Waals surface area (Å²) >= 11 is 1.43. The summed E-state index contributed by atoms with van der Waals surface area (Å²) in [5.41, 5.74) is 0.462. The average molecular weight is 308 g/mol. The molecule has 1 aromatic heterocycles. The molecular weight excluding hydrogens is 296 g/mol. The number of nitro benzene ring substituents is 1. The number of nitrogens with zero attached hydrogens (tertiary/aromatic N) is 1. The van der Waals surface area contributed by atoms with E-state index in [1.165, 1.54) is 23.5 Å². The van der Waals surface area contributed by atoms with Crippen molar-refractivity contribution in [3.05, 3.63) is 56.3 Å². The quantitative estimate of drug-likeness (QED) is 0.558. The van der Waals surface area contributed by atoms with Gasteiger partial charge in [0.2, 0.25) is 0 Å². The summed E-state index contributed by atoms with van der Waals surface area (Å²) in [7, 11) is 0. The number of nitro groups is 1. The van der Waals surface area contributed by atoms with Crippen LogP contribution < -0.4 is 5.32 Å². The molecule has 0 aliphatic rings. The number of nitrogens with one attached hydrogen (secondary N) is 1. The molecule has 1 atom stereocenters. The third-order valence-corrected chi connectivity index (χ3v) is 3.56. The van der Waals surface area contributed by atoms with Gasteiger partial charge in [0, 0.05) is 12.6 Å². The Balaban J connectivity index is 2.19. The van der Waals surface area contributed by atoms with E-state index in [2.05, 4.69) is 5.32 Å². The summed E-state index contributed by atoms with van der Waals surface area (Å²) in [6.07, 6.45) is -0.829. The van der Waals surface area contributed by atoms with Gasteiger partial charge in [0.1, 0.15) is 5.69 Å². The van der Waals surface area contributed by atoms with Crippen molar-refractivity contribution in [2.24, 2.45) is 0 Å². The highest BCUT2D eigenvalue weighted by Crippen LogP contribution is 2.26. The van der Waals surface area contributed by atoms with E-state index in [1.54, 1.807) is 11.4 Å². The lowest BCUT2D eigenvalue weighted by atomic mass is 10.1. The standard InChI is InChI=1S/C13H12N2O5S/c16-12(9-3-4-21-7-9)6-14-10-5-8(13(17)18)1-2-11(10)15(19)20/h1-5,7,12,14,16H,6H2,(H,17,18). The van der Waals surface area contributed by atoms with Crippen LogP contribution in [0.5, 0.6) is 0 Å². The first-order valence-corrected chi connectivity index (χ1v) is 6.89. The van der Waals surface area contributed by atoms with E-state index in [9.17, 15) is 20.0 Å². The second-order valence-corrected chi connectivity index (χ2v) is 5.03. The molecule has 1 unspecified atom stereocenters. The maximum atomic E-state index is 10.9. The SMILES string of the molecule is O=C(O)c1ccc([N+](=O)[O-])c(NCC(O)c2ccsc2)c1. The van der Waals surface area contributed by atoms with Gasteiger partial charge in [-0.3, -0.25) is 10.1 Å². The van der Waals surface area contributed by atoms with Crippen LogP contribution in [0.4, 0.5) is 11.4 Å². The van der Waals surface area contributed by atoms with E-state index in [0.717, 1.165) is 6.07 Å². The normalized spacial score (nSPS) is 11.9. The largest absolute Gasteiger partial charge is 0.478 e. The van der Waals surface area contributed by atoms with Gasteiger partial charge in [-0.1, -0.05) is 0 Å². The molecule has 2 aromatic rings. The zero-order chi connectivity index (χ0) is 15.4. The van der Waals surface area contributed by atoms with Crippen LogP contribution in [0.15, 0.2) is 35.0 Å². The third kappa shape index (κ3) is 3.56. The second-order valence-electron chi connectivity index (χ2n) is 4.25. The van der Waals surface area contributed by atoms with Crippen LogP contribution in [0.3, 0.4) is 0 Å². The molecule has 0 aliphatic heterocycles. The van der Waals surface area contributed by atoms with Crippen molar-refractivity contribution >= 4 is 28.7 Å². The molecule has 0 saturated heterocycles. The molecule has 110 valence electrons. The number of anilines is 1. The number of carboxylic acids is 1. The highest BCUT2D eigenvalue weighted by molar-refractivity contribution is 7.07.